The molecular weight excluding hydrogens is 1200 g/mol. The first kappa shape index (κ1) is 66.6. The molecular formula is C62H69ClN12O16. The Hall–Kier alpha value is -10.3. The number of anilines is 3. The number of nitrogens with one attached hydrogen (secondary N) is 6. The topological polar surface area (TPSA) is 376 Å². The lowest BCUT2D eigenvalue weighted by atomic mass is 9.92. The number of benzene rings is 4. The molecule has 0 bridgehead atoms. The Labute approximate surface area is 526 Å². The van der Waals surface area contributed by atoms with Crippen LogP contribution in [0.4, 0.5) is 36.2 Å². The van der Waals surface area contributed by atoms with Crippen molar-refractivity contribution in [1.82, 2.24) is 40.6 Å². The molecule has 0 unspecified atom stereocenters. The van der Waals surface area contributed by atoms with E-state index in [-0.39, 0.29) is 101 Å². The number of ether oxygens (including phenoxy) is 4. The molecule has 0 spiro atoms. The Balaban J connectivity index is 0.894. The lowest BCUT2D eigenvalue weighted by molar-refractivity contribution is -0.141. The van der Waals surface area contributed by atoms with Gasteiger partial charge >= 0.3 is 24.3 Å². The van der Waals surface area contributed by atoms with Gasteiger partial charge in [-0.05, 0) is 96.3 Å². The average molecular weight is 1270 g/mol. The van der Waals surface area contributed by atoms with Crippen LogP contribution in [0.25, 0.3) is 21.8 Å². The van der Waals surface area contributed by atoms with Crippen LogP contribution in [0.5, 0.6) is 11.5 Å². The number of carbonyl (C=O) groups is 10. The Kier molecular flexibility index (Phi) is 22.5. The summed E-state index contributed by atoms with van der Waals surface area (Å²) in [7, 11) is 1.48. The minimum atomic E-state index is -1.23. The predicted octanol–water partition coefficient (Wildman–Crippen LogP) is 5.55. The number of alkyl halides is 1. The highest BCUT2D eigenvalue weighted by Gasteiger charge is 2.37. The number of alkyl carbamates (subject to hydrolysis) is 1. The largest absolute Gasteiger partial charge is 0.508 e. The smallest absolute Gasteiger partial charge is 0.415 e. The van der Waals surface area contributed by atoms with Gasteiger partial charge in [-0.1, -0.05) is 44.2 Å². The van der Waals surface area contributed by atoms with Crippen molar-refractivity contribution in [3.63, 3.8) is 0 Å². The Morgan fingerprint density at radius 3 is 2.29 bits per heavy atom. The fraction of sp³-hybridized carbons (Fsp3) is 0.339. The van der Waals surface area contributed by atoms with Crippen LogP contribution in [-0.2, 0) is 40.0 Å². The summed E-state index contributed by atoms with van der Waals surface area (Å²) in [5.41, 5.74) is 9.39. The zero-order valence-electron chi connectivity index (χ0n) is 50.1. The van der Waals surface area contributed by atoms with Crippen molar-refractivity contribution < 1.29 is 77.1 Å². The van der Waals surface area contributed by atoms with Gasteiger partial charge in [0.15, 0.2) is 6.73 Å². The van der Waals surface area contributed by atoms with E-state index in [1.807, 2.05) is 19.1 Å². The number of aliphatic hydroxyl groups is 1. The van der Waals surface area contributed by atoms with Crippen molar-refractivity contribution in [3.8, 4) is 11.5 Å². The third-order valence-corrected chi connectivity index (χ3v) is 15.2. The molecule has 480 valence electrons. The van der Waals surface area contributed by atoms with Crippen molar-refractivity contribution in [1.29, 1.82) is 0 Å². The van der Waals surface area contributed by atoms with Crippen LogP contribution >= 0.6 is 11.6 Å². The number of likely N-dealkylation sites (N-methyl/N-ethyl adjacent to an activating group) is 1. The summed E-state index contributed by atoms with van der Waals surface area (Å²) >= 11 is 6.64. The number of nitrogens with two attached hydrogens (primary N) is 1. The van der Waals surface area contributed by atoms with Crippen LogP contribution in [0.3, 0.4) is 0 Å². The number of imide groups is 1. The van der Waals surface area contributed by atoms with Gasteiger partial charge in [0.2, 0.25) is 11.8 Å². The molecule has 0 saturated carbocycles. The third-order valence-electron chi connectivity index (χ3n) is 14.8. The van der Waals surface area contributed by atoms with Gasteiger partial charge < -0.3 is 81.2 Å². The summed E-state index contributed by atoms with van der Waals surface area (Å²) in [6.07, 6.45) is 1.06. The number of fused-ring (bicyclic) bond motifs is 4. The molecule has 2 aromatic heterocycles. The predicted molar refractivity (Wildman–Crippen MR) is 332 cm³/mol. The Morgan fingerprint density at radius 1 is 0.857 bits per heavy atom. The zero-order chi connectivity index (χ0) is 65.5. The van der Waals surface area contributed by atoms with E-state index in [2.05, 4.69) is 36.6 Å². The van der Waals surface area contributed by atoms with Crippen molar-refractivity contribution in [2.45, 2.75) is 58.2 Å². The van der Waals surface area contributed by atoms with Crippen molar-refractivity contribution in [3.05, 3.63) is 131 Å². The molecule has 0 fully saturated rings. The van der Waals surface area contributed by atoms with E-state index in [1.54, 1.807) is 67.3 Å². The molecule has 11 amide bonds. The molecule has 91 heavy (non-hydrogen) atoms. The van der Waals surface area contributed by atoms with Crippen LogP contribution in [0.15, 0.2) is 103 Å². The van der Waals surface area contributed by atoms with Crippen LogP contribution in [0, 0.1) is 12.8 Å². The molecule has 0 aliphatic carbocycles. The number of rotatable bonds is 27. The highest BCUT2D eigenvalue weighted by atomic mass is 35.5. The number of aromatic amines is 1. The number of aromatic nitrogens is 2. The molecule has 29 heteroatoms. The van der Waals surface area contributed by atoms with Gasteiger partial charge in [-0.2, -0.15) is 0 Å². The molecule has 2 aliphatic heterocycles. The third kappa shape index (κ3) is 17.1. The number of carbonyl (C=O) groups excluding carboxylic acids is 10. The molecule has 2 aliphatic rings. The second-order valence-electron chi connectivity index (χ2n) is 21.6. The molecule has 0 radical (unpaired) electrons. The fourth-order valence-corrected chi connectivity index (χ4v) is 10.3. The van der Waals surface area contributed by atoms with E-state index in [9.17, 15) is 58.2 Å². The number of urea groups is 1. The van der Waals surface area contributed by atoms with Gasteiger partial charge in [0.05, 0.1) is 37.4 Å². The van der Waals surface area contributed by atoms with Gasteiger partial charge in [-0.3, -0.25) is 28.8 Å². The van der Waals surface area contributed by atoms with Gasteiger partial charge in [0, 0.05) is 91.8 Å². The minimum absolute atomic E-state index is 0.00101. The summed E-state index contributed by atoms with van der Waals surface area (Å²) in [5, 5.41) is 33.9. The standard InChI is InChI=1S/C62H69ClN12O16/c1-35(2)53(71-60(85)90-34-75-49(78)18-19-50(75)79)57(82)70-45(9-6-20-65-59(64)84)56(81)67-41-14-10-37(11-15-41)33-89-61(86)72(4)21-22-73(23-25-88-26-24-76)62(87)91-48-29-47-52(51-36(3)7-5-8-44(48)51)40(30-63)32-74(47)58(83)46-28-39-27-42(31-66-54(39)69-46)68-55(80)38-12-16-43(77)17-13-38/h5,7-8,10-19,27-29,31,35,40,45,53,76-77H,6,9,20-26,30,32-34H2,1-4H3,(H,66,69)(H,67,81)(H,68,80)(H,70,82)(H,71,85)(H3,64,65,84)/t40-,45+,53+/m1/s1. The number of amides is 11. The van der Waals surface area contributed by atoms with Gasteiger partial charge in [-0.25, -0.2) is 29.1 Å². The molecule has 0 saturated heterocycles. The summed E-state index contributed by atoms with van der Waals surface area (Å²) in [4.78, 5) is 143. The summed E-state index contributed by atoms with van der Waals surface area (Å²) in [5.74, 6) is -4.14. The van der Waals surface area contributed by atoms with E-state index in [0.717, 1.165) is 28.7 Å². The molecule has 6 aromatic rings. The number of nitrogens with zero attached hydrogens (tertiary/aromatic N) is 5. The summed E-state index contributed by atoms with van der Waals surface area (Å²) in [6, 6.07) is 19.3. The molecule has 4 heterocycles. The number of pyridine rings is 1. The Bertz CT molecular complexity index is 3730. The van der Waals surface area contributed by atoms with Gasteiger partial charge in [-0.15, -0.1) is 11.6 Å². The lowest BCUT2D eigenvalue weighted by Crippen LogP contribution is -2.55. The van der Waals surface area contributed by atoms with Crippen molar-refractivity contribution in [2.24, 2.45) is 11.7 Å². The van der Waals surface area contributed by atoms with Crippen LogP contribution in [-0.4, -0.2) is 179 Å². The second-order valence-corrected chi connectivity index (χ2v) is 21.9. The van der Waals surface area contributed by atoms with Crippen molar-refractivity contribution >= 4 is 110 Å². The first-order chi connectivity index (χ1) is 43.6. The van der Waals surface area contributed by atoms with Crippen molar-refractivity contribution in [2.75, 3.05) is 87.7 Å². The number of phenols is 1. The summed E-state index contributed by atoms with van der Waals surface area (Å²) in [6.45, 7) is 4.17. The number of phenolic OH excluding ortho intramolecular Hbond substituents is 1. The number of hydrogen-bond acceptors (Lipinski definition) is 17. The normalized spacial score (nSPS) is 14.0. The van der Waals surface area contributed by atoms with E-state index >= 15 is 0 Å². The van der Waals surface area contributed by atoms with E-state index in [0.29, 0.717) is 49.5 Å². The summed E-state index contributed by atoms with van der Waals surface area (Å²) < 4.78 is 22.4. The van der Waals surface area contributed by atoms with Crippen LogP contribution in [0.2, 0.25) is 0 Å². The number of aryl methyl sites for hydroxylation is 1. The zero-order valence-corrected chi connectivity index (χ0v) is 50.9. The fourth-order valence-electron chi connectivity index (χ4n) is 10.0. The molecule has 28 nitrogen and oxygen atoms in total. The molecule has 10 N–H and O–H groups in total. The van der Waals surface area contributed by atoms with Crippen LogP contribution in [0.1, 0.15) is 70.1 Å². The first-order valence-corrected chi connectivity index (χ1v) is 29.4. The maximum atomic E-state index is 14.6. The van der Waals surface area contributed by atoms with E-state index in [4.69, 9.17) is 36.3 Å². The maximum Gasteiger partial charge on any atom is 0.415 e. The number of primary amides is 1. The highest BCUT2D eigenvalue weighted by Crippen LogP contribution is 2.47. The number of aromatic hydroxyl groups is 1. The van der Waals surface area contributed by atoms with E-state index in [1.165, 1.54) is 47.3 Å². The molecule has 8 rings (SSSR count). The minimum Gasteiger partial charge on any atom is -0.508 e. The number of halogens is 1. The lowest BCUT2D eigenvalue weighted by Gasteiger charge is -2.26. The number of H-pyrrole nitrogens is 1. The Morgan fingerprint density at radius 2 is 1.59 bits per heavy atom. The average Bonchev–Trinajstić information content (AvgIpc) is 1.64. The molecule has 4 aromatic carbocycles. The van der Waals surface area contributed by atoms with Gasteiger partial charge in [0.25, 0.3) is 23.6 Å². The molecule has 3 atom stereocenters. The monoisotopic (exact) mass is 1270 g/mol. The highest BCUT2D eigenvalue weighted by molar-refractivity contribution is 6.20. The first-order valence-electron chi connectivity index (χ1n) is 28.9. The maximum absolute atomic E-state index is 14.6. The number of aliphatic hydroxyl groups excluding tert-OH is 1. The SMILES string of the molecule is Cc1cccc2c(OC(=O)N(CCOCCO)CCN(C)C(=O)OCc3ccc(NC(=O)[C@H](CCCNC(N)=O)NC(=O)[C@@H](NC(=O)OCN4C(=O)C=CC4=O)C(C)C)cc3)cc3c(c12)[C@H](CCl)CN3C(=O)c1cc2cc(NC(=O)c3ccc(O)cc3)cnc2[nH]1. The second kappa shape index (κ2) is 30.7. The van der Waals surface area contributed by atoms with E-state index < -0.39 is 84.5 Å². The van der Waals surface area contributed by atoms with Gasteiger partial charge in [0.1, 0.15) is 41.5 Å². The quantitative estimate of drug-likeness (QED) is 0.0173. The van der Waals surface area contributed by atoms with Crippen LogP contribution < -0.4 is 42.0 Å². The number of hydrogen-bond donors (Lipinski definition) is 9.